The predicted octanol–water partition coefficient (Wildman–Crippen LogP) is 9.29. The van der Waals surface area contributed by atoms with Crippen LogP contribution in [0.2, 0.25) is 0 Å². The van der Waals surface area contributed by atoms with Gasteiger partial charge < -0.3 is 4.90 Å². The van der Waals surface area contributed by atoms with Crippen LogP contribution >= 0.6 is 0 Å². The van der Waals surface area contributed by atoms with Gasteiger partial charge in [0.1, 0.15) is 5.82 Å². The Hall–Kier alpha value is -3.69. The van der Waals surface area contributed by atoms with Gasteiger partial charge in [0.25, 0.3) is 0 Å². The number of pyridine rings is 1. The number of rotatable bonds is 11. The molecule has 5 rings (SSSR count). The van der Waals surface area contributed by atoms with E-state index < -0.39 is 0 Å². The molecule has 1 aromatic heterocycles. The molecule has 0 bridgehead atoms. The Bertz CT molecular complexity index is 1510. The summed E-state index contributed by atoms with van der Waals surface area (Å²) in [7, 11) is 2.26. The van der Waals surface area contributed by atoms with Crippen molar-refractivity contribution in [3.8, 4) is 22.3 Å². The molecule has 0 radical (unpaired) electrons. The number of nitrogens with zero attached hydrogens (tertiary/aromatic N) is 3. The second-order valence-corrected chi connectivity index (χ2v) is 12.3. The van der Waals surface area contributed by atoms with E-state index in [1.165, 1.54) is 56.5 Å². The summed E-state index contributed by atoms with van der Waals surface area (Å²) in [5.41, 5.74) is 12.9. The number of allylic oxidation sites excluding steroid dienone is 1. The third-order valence-electron chi connectivity index (χ3n) is 9.07. The molecule has 1 aliphatic heterocycles. The fraction of sp³-hybridized carbons (Fsp3) is 0.359. The van der Waals surface area contributed by atoms with Gasteiger partial charge in [0.2, 0.25) is 0 Å². The molecule has 3 nitrogen and oxygen atoms in total. The number of anilines is 1. The zero-order valence-corrected chi connectivity index (χ0v) is 26.5. The van der Waals surface area contributed by atoms with E-state index in [2.05, 4.69) is 137 Å². The Kier molecular flexibility index (Phi) is 9.28. The summed E-state index contributed by atoms with van der Waals surface area (Å²) < 4.78 is 0. The molecule has 0 saturated carbocycles. The first-order valence-corrected chi connectivity index (χ1v) is 15.6. The average molecular weight is 558 g/mol. The van der Waals surface area contributed by atoms with Crippen LogP contribution in [-0.2, 0) is 13.0 Å². The van der Waals surface area contributed by atoms with Crippen LogP contribution in [0.5, 0.6) is 0 Å². The Morgan fingerprint density at radius 3 is 2.17 bits per heavy atom. The van der Waals surface area contributed by atoms with Gasteiger partial charge in [-0.2, -0.15) is 0 Å². The van der Waals surface area contributed by atoms with Crippen molar-refractivity contribution in [3.05, 3.63) is 119 Å². The summed E-state index contributed by atoms with van der Waals surface area (Å²) in [6, 6.07) is 27.7. The molecule has 1 aliphatic rings. The van der Waals surface area contributed by atoms with Crippen LogP contribution in [0.15, 0.2) is 85.5 Å². The second-order valence-electron chi connectivity index (χ2n) is 12.3. The lowest BCUT2D eigenvalue weighted by Crippen LogP contribution is -2.38. The van der Waals surface area contributed by atoms with Gasteiger partial charge >= 0.3 is 0 Å². The minimum absolute atomic E-state index is 0.316. The highest BCUT2D eigenvalue weighted by atomic mass is 15.2. The highest BCUT2D eigenvalue weighted by molar-refractivity contribution is 5.77. The highest BCUT2D eigenvalue weighted by Gasteiger charge is 2.25. The smallest absolute Gasteiger partial charge is 0.128 e. The van der Waals surface area contributed by atoms with E-state index in [4.69, 9.17) is 4.98 Å². The summed E-state index contributed by atoms with van der Waals surface area (Å²) in [4.78, 5) is 10.2. The lowest BCUT2D eigenvalue weighted by Gasteiger charge is -2.34. The number of aromatic nitrogens is 1. The molecular formula is C39H47N3. The predicted molar refractivity (Wildman–Crippen MR) is 180 cm³/mol. The molecule has 0 N–H and O–H groups in total. The molecular weight excluding hydrogens is 510 g/mol. The van der Waals surface area contributed by atoms with Crippen molar-refractivity contribution in [2.45, 2.75) is 72.4 Å². The Morgan fingerprint density at radius 2 is 1.55 bits per heavy atom. The number of hydrogen-bond acceptors (Lipinski definition) is 3. The van der Waals surface area contributed by atoms with E-state index in [-0.39, 0.29) is 0 Å². The monoisotopic (exact) mass is 557 g/mol. The summed E-state index contributed by atoms with van der Waals surface area (Å²) >= 11 is 0. The third kappa shape index (κ3) is 6.52. The van der Waals surface area contributed by atoms with Crippen LogP contribution in [0.25, 0.3) is 22.3 Å². The third-order valence-corrected chi connectivity index (χ3v) is 9.07. The fourth-order valence-electron chi connectivity index (χ4n) is 6.34. The molecule has 0 amide bonds. The summed E-state index contributed by atoms with van der Waals surface area (Å²) in [5, 5.41) is 0. The average Bonchev–Trinajstić information content (AvgIpc) is 2.94. The van der Waals surface area contributed by atoms with Crippen LogP contribution in [0.4, 0.5) is 5.82 Å². The molecule has 218 valence electrons. The van der Waals surface area contributed by atoms with Crippen molar-refractivity contribution >= 4 is 5.82 Å². The van der Waals surface area contributed by atoms with Gasteiger partial charge in [-0.15, -0.1) is 6.58 Å². The molecule has 2 heterocycles. The molecule has 3 aromatic carbocycles. The zero-order valence-electron chi connectivity index (χ0n) is 26.5. The maximum absolute atomic E-state index is 5.35. The lowest BCUT2D eigenvalue weighted by molar-refractivity contribution is 0.215. The zero-order chi connectivity index (χ0) is 29.8. The van der Waals surface area contributed by atoms with Crippen molar-refractivity contribution in [2.75, 3.05) is 25.0 Å². The molecule has 0 aliphatic carbocycles. The first-order chi connectivity index (χ1) is 20.3. The second kappa shape index (κ2) is 13.1. The van der Waals surface area contributed by atoms with E-state index in [0.29, 0.717) is 12.0 Å². The number of aryl methyl sites for hydroxylation is 4. The van der Waals surface area contributed by atoms with Gasteiger partial charge in [-0.25, -0.2) is 4.98 Å². The molecule has 1 fully saturated rings. The molecule has 1 saturated heterocycles. The van der Waals surface area contributed by atoms with E-state index in [0.717, 1.165) is 44.0 Å². The summed E-state index contributed by atoms with van der Waals surface area (Å²) in [6.45, 7) is 18.2. The van der Waals surface area contributed by atoms with Crippen molar-refractivity contribution in [1.82, 2.24) is 9.88 Å². The maximum atomic E-state index is 5.35. The van der Waals surface area contributed by atoms with Crippen molar-refractivity contribution < 1.29 is 0 Å². The first-order valence-electron chi connectivity index (χ1n) is 15.6. The van der Waals surface area contributed by atoms with Crippen LogP contribution in [0.1, 0.15) is 66.1 Å². The van der Waals surface area contributed by atoms with Gasteiger partial charge in [0, 0.05) is 37.2 Å². The minimum atomic E-state index is 0.316. The number of likely N-dealkylation sites (N-methyl/N-ethyl adjacent to an activating group) is 1. The maximum Gasteiger partial charge on any atom is 0.128 e. The molecule has 42 heavy (non-hydrogen) atoms. The van der Waals surface area contributed by atoms with E-state index >= 15 is 0 Å². The van der Waals surface area contributed by atoms with Crippen LogP contribution in [0.3, 0.4) is 0 Å². The first kappa shape index (κ1) is 29.8. The lowest BCUT2D eigenvalue weighted by atomic mass is 9.86. The molecule has 2 atom stereocenters. The van der Waals surface area contributed by atoms with Gasteiger partial charge in [-0.3, -0.25) is 4.90 Å². The van der Waals surface area contributed by atoms with Crippen LogP contribution in [0, 0.1) is 20.8 Å². The normalized spacial score (nSPS) is 14.5. The van der Waals surface area contributed by atoms with E-state index in [9.17, 15) is 0 Å². The molecule has 0 spiro atoms. The quantitative estimate of drug-likeness (QED) is 0.171. The fourth-order valence-corrected chi connectivity index (χ4v) is 6.34. The van der Waals surface area contributed by atoms with Gasteiger partial charge in [-0.1, -0.05) is 84.3 Å². The topological polar surface area (TPSA) is 19.4 Å². The van der Waals surface area contributed by atoms with Crippen LogP contribution in [-0.4, -0.2) is 36.1 Å². The summed E-state index contributed by atoms with van der Waals surface area (Å²) in [6.07, 6.45) is 5.25. The number of hydrogen-bond donors (Lipinski definition) is 0. The van der Waals surface area contributed by atoms with Gasteiger partial charge in [-0.05, 0) is 100 Å². The van der Waals surface area contributed by atoms with Gasteiger partial charge in [0.15, 0.2) is 0 Å². The van der Waals surface area contributed by atoms with Crippen molar-refractivity contribution in [1.29, 1.82) is 0 Å². The molecule has 3 heteroatoms. The number of benzene rings is 3. The molecule has 4 aromatic rings. The van der Waals surface area contributed by atoms with Crippen molar-refractivity contribution in [2.24, 2.45) is 0 Å². The van der Waals surface area contributed by atoms with E-state index in [1.54, 1.807) is 0 Å². The Morgan fingerprint density at radius 1 is 0.857 bits per heavy atom. The Balaban J connectivity index is 1.53. The van der Waals surface area contributed by atoms with Crippen LogP contribution < -0.4 is 4.90 Å². The SMILES string of the molecule is C=CCC(c1cc(C)cc(C)c1)C(C)N(C)Cc1nc(N2CCC2)ccc1-c1cc(-c2ccc(C)cc2)ccc1CC. The standard InChI is InChI=1S/C39H47N3/c1-8-11-35(34-23-28(4)22-29(5)24-34)30(6)41(7)26-38-36(18-19-39(40-38)42-20-10-21-42)37-25-33(17-16-31(37)9-2)32-14-12-27(3)13-15-32/h8,12-19,22-25,30,35H,1,9-11,20-21,26H2,2-7H3. The minimum Gasteiger partial charge on any atom is -0.356 e. The van der Waals surface area contributed by atoms with Gasteiger partial charge in [0.05, 0.1) is 5.69 Å². The highest BCUT2D eigenvalue weighted by Crippen LogP contribution is 2.35. The Labute approximate surface area is 253 Å². The molecule has 2 unspecified atom stereocenters. The van der Waals surface area contributed by atoms with Crippen molar-refractivity contribution in [3.63, 3.8) is 0 Å². The van der Waals surface area contributed by atoms with E-state index in [1.807, 2.05) is 0 Å². The largest absolute Gasteiger partial charge is 0.356 e. The summed E-state index contributed by atoms with van der Waals surface area (Å²) in [5.74, 6) is 1.47.